The second-order valence-electron chi connectivity index (χ2n) is 5.99. The molecule has 0 radical (unpaired) electrons. The first-order valence-corrected chi connectivity index (χ1v) is 8.26. The predicted molar refractivity (Wildman–Crippen MR) is 99.7 cm³/mol. The van der Waals surface area contributed by atoms with Crippen molar-refractivity contribution in [3.63, 3.8) is 0 Å². The van der Waals surface area contributed by atoms with Crippen LogP contribution in [-0.4, -0.2) is 25.4 Å². The second kappa shape index (κ2) is 6.76. The van der Waals surface area contributed by atoms with E-state index < -0.39 is 0 Å². The van der Waals surface area contributed by atoms with E-state index in [1.165, 1.54) is 0 Å². The van der Waals surface area contributed by atoms with Crippen molar-refractivity contribution in [3.8, 4) is 0 Å². The Bertz CT molecular complexity index is 1040. The van der Waals surface area contributed by atoms with Gasteiger partial charge in [0.15, 0.2) is 5.65 Å². The van der Waals surface area contributed by atoms with Crippen LogP contribution < -0.4 is 4.90 Å². The first kappa shape index (κ1) is 16.0. The van der Waals surface area contributed by atoms with Crippen LogP contribution in [0.4, 0.5) is 5.82 Å². The van der Waals surface area contributed by atoms with Crippen LogP contribution >= 0.6 is 0 Å². The fourth-order valence-corrected chi connectivity index (χ4v) is 2.83. The van der Waals surface area contributed by atoms with Crippen LogP contribution in [0.1, 0.15) is 15.9 Å². The predicted octanol–water partition coefficient (Wildman–Crippen LogP) is 3.21. The average Bonchev–Trinajstić information content (AvgIpc) is 3.07. The van der Waals surface area contributed by atoms with Crippen LogP contribution in [-0.2, 0) is 13.6 Å². The molecule has 0 saturated carbocycles. The Labute approximate surface area is 150 Å². The number of aromatic nitrogens is 4. The molecular formula is C20H17N5O. The number of carbonyl (C=O) groups excluding carboxylic acids is 1. The number of hydrogen-bond acceptors (Lipinski definition) is 4. The van der Waals surface area contributed by atoms with E-state index in [-0.39, 0.29) is 5.91 Å². The highest BCUT2D eigenvalue weighted by Gasteiger charge is 2.20. The molecule has 0 bridgehead atoms. The number of nitrogens with zero attached hydrogens (tertiary/aromatic N) is 5. The average molecular weight is 343 g/mol. The molecule has 4 aromatic rings. The summed E-state index contributed by atoms with van der Waals surface area (Å²) in [7, 11) is 1.87. The Kier molecular flexibility index (Phi) is 4.15. The van der Waals surface area contributed by atoms with Crippen LogP contribution in [0.15, 0.2) is 73.3 Å². The number of imidazole rings is 1. The minimum absolute atomic E-state index is 0.160. The zero-order chi connectivity index (χ0) is 17.9. The van der Waals surface area contributed by atoms with E-state index >= 15 is 0 Å². The van der Waals surface area contributed by atoms with Crippen molar-refractivity contribution in [2.75, 3.05) is 4.90 Å². The first-order chi connectivity index (χ1) is 12.7. The zero-order valence-corrected chi connectivity index (χ0v) is 14.3. The number of hydrogen-bond donors (Lipinski definition) is 0. The molecule has 4 rings (SSSR count). The Morgan fingerprint density at radius 2 is 1.85 bits per heavy atom. The molecule has 0 fully saturated rings. The third kappa shape index (κ3) is 3.04. The van der Waals surface area contributed by atoms with Gasteiger partial charge in [-0.2, -0.15) is 0 Å². The number of amides is 1. The van der Waals surface area contributed by atoms with Gasteiger partial charge in [-0.15, -0.1) is 0 Å². The van der Waals surface area contributed by atoms with Crippen LogP contribution in [0.3, 0.4) is 0 Å². The maximum atomic E-state index is 13.2. The monoisotopic (exact) mass is 343 g/mol. The molecule has 0 aliphatic carbocycles. The lowest BCUT2D eigenvalue weighted by Gasteiger charge is -2.22. The lowest BCUT2D eigenvalue weighted by Crippen LogP contribution is -2.31. The second-order valence-corrected chi connectivity index (χ2v) is 5.99. The minimum atomic E-state index is -0.160. The molecule has 0 aliphatic heterocycles. The molecular weight excluding hydrogens is 326 g/mol. The fourth-order valence-electron chi connectivity index (χ4n) is 2.83. The van der Waals surface area contributed by atoms with Gasteiger partial charge in [-0.3, -0.25) is 9.69 Å². The van der Waals surface area contributed by atoms with Crippen molar-refractivity contribution in [3.05, 3.63) is 84.4 Å². The van der Waals surface area contributed by atoms with Crippen molar-refractivity contribution >= 4 is 22.9 Å². The van der Waals surface area contributed by atoms with Crippen LogP contribution in [0.25, 0.3) is 11.2 Å². The highest BCUT2D eigenvalue weighted by Crippen LogP contribution is 2.19. The molecule has 3 heterocycles. The van der Waals surface area contributed by atoms with Gasteiger partial charge in [0.1, 0.15) is 11.3 Å². The smallest absolute Gasteiger partial charge is 0.261 e. The van der Waals surface area contributed by atoms with Crippen LogP contribution in [0.2, 0.25) is 0 Å². The summed E-state index contributed by atoms with van der Waals surface area (Å²) >= 11 is 0. The van der Waals surface area contributed by atoms with Crippen molar-refractivity contribution in [1.82, 2.24) is 19.5 Å². The lowest BCUT2D eigenvalue weighted by atomic mass is 10.1. The Balaban J connectivity index is 1.73. The van der Waals surface area contributed by atoms with Gasteiger partial charge in [0.25, 0.3) is 5.91 Å². The number of rotatable bonds is 4. The maximum Gasteiger partial charge on any atom is 0.261 e. The number of benzene rings is 1. The van der Waals surface area contributed by atoms with E-state index in [1.807, 2.05) is 60.1 Å². The molecule has 0 saturated heterocycles. The van der Waals surface area contributed by atoms with Gasteiger partial charge < -0.3 is 4.57 Å². The number of aryl methyl sites for hydroxylation is 1. The third-order valence-corrected chi connectivity index (χ3v) is 4.15. The standard InChI is InChI=1S/C20H17N5O/c1-24-14-23-17-11-16(12-22-19(17)24)20(26)25(18-9-5-6-10-21-18)13-15-7-3-2-4-8-15/h2-12,14H,13H2,1H3. The maximum absolute atomic E-state index is 13.2. The van der Waals surface area contributed by atoms with Crippen molar-refractivity contribution in [2.45, 2.75) is 6.54 Å². The largest absolute Gasteiger partial charge is 0.318 e. The molecule has 0 atom stereocenters. The Hall–Kier alpha value is -3.54. The normalized spacial score (nSPS) is 10.8. The van der Waals surface area contributed by atoms with Gasteiger partial charge in [0, 0.05) is 19.4 Å². The molecule has 6 nitrogen and oxygen atoms in total. The van der Waals surface area contributed by atoms with Crippen LogP contribution in [0, 0.1) is 0 Å². The number of pyridine rings is 2. The number of fused-ring (bicyclic) bond motifs is 1. The number of anilines is 1. The summed E-state index contributed by atoms with van der Waals surface area (Å²) in [4.78, 5) is 27.9. The van der Waals surface area contributed by atoms with E-state index in [0.717, 1.165) is 11.2 Å². The molecule has 26 heavy (non-hydrogen) atoms. The van der Waals surface area contributed by atoms with E-state index in [9.17, 15) is 4.79 Å². The van der Waals surface area contributed by atoms with Gasteiger partial charge in [0.05, 0.1) is 18.4 Å². The summed E-state index contributed by atoms with van der Waals surface area (Å²) < 4.78 is 1.82. The Morgan fingerprint density at radius 1 is 1.04 bits per heavy atom. The van der Waals surface area contributed by atoms with E-state index in [0.29, 0.717) is 23.4 Å². The minimum Gasteiger partial charge on any atom is -0.318 e. The third-order valence-electron chi connectivity index (χ3n) is 4.15. The van der Waals surface area contributed by atoms with Gasteiger partial charge in [-0.1, -0.05) is 36.4 Å². The summed E-state index contributed by atoms with van der Waals surface area (Å²) in [6.07, 6.45) is 4.96. The lowest BCUT2D eigenvalue weighted by molar-refractivity contribution is 0.0984. The Morgan fingerprint density at radius 3 is 2.62 bits per heavy atom. The highest BCUT2D eigenvalue weighted by molar-refractivity contribution is 6.06. The molecule has 0 unspecified atom stereocenters. The van der Waals surface area contributed by atoms with Gasteiger partial charge in [-0.05, 0) is 23.8 Å². The molecule has 128 valence electrons. The molecule has 1 aromatic carbocycles. The number of carbonyl (C=O) groups is 1. The molecule has 0 spiro atoms. The SMILES string of the molecule is Cn1cnc2cc(C(=O)N(Cc3ccccc3)c3ccccn3)cnc21. The fraction of sp³-hybridized carbons (Fsp3) is 0.100. The summed E-state index contributed by atoms with van der Waals surface area (Å²) in [6.45, 7) is 0.428. The molecule has 6 heteroatoms. The quantitative estimate of drug-likeness (QED) is 0.571. The summed E-state index contributed by atoms with van der Waals surface area (Å²) in [5, 5.41) is 0. The topological polar surface area (TPSA) is 63.9 Å². The summed E-state index contributed by atoms with van der Waals surface area (Å²) in [6, 6.07) is 17.1. The summed E-state index contributed by atoms with van der Waals surface area (Å²) in [5.74, 6) is 0.440. The molecule has 1 amide bonds. The van der Waals surface area contributed by atoms with E-state index in [1.54, 1.807) is 29.7 Å². The van der Waals surface area contributed by atoms with Gasteiger partial charge >= 0.3 is 0 Å². The first-order valence-electron chi connectivity index (χ1n) is 8.26. The zero-order valence-electron chi connectivity index (χ0n) is 14.3. The van der Waals surface area contributed by atoms with Crippen LogP contribution in [0.5, 0.6) is 0 Å². The molecule has 3 aromatic heterocycles. The van der Waals surface area contributed by atoms with Crippen molar-refractivity contribution < 1.29 is 4.79 Å². The molecule has 0 N–H and O–H groups in total. The van der Waals surface area contributed by atoms with Crippen molar-refractivity contribution in [1.29, 1.82) is 0 Å². The van der Waals surface area contributed by atoms with Gasteiger partial charge in [0.2, 0.25) is 0 Å². The highest BCUT2D eigenvalue weighted by atomic mass is 16.2. The van der Waals surface area contributed by atoms with Gasteiger partial charge in [-0.25, -0.2) is 15.0 Å². The molecule has 0 aliphatic rings. The summed E-state index contributed by atoms with van der Waals surface area (Å²) in [5.41, 5.74) is 2.95. The van der Waals surface area contributed by atoms with E-state index in [2.05, 4.69) is 15.0 Å². The van der Waals surface area contributed by atoms with E-state index in [4.69, 9.17) is 0 Å². The van der Waals surface area contributed by atoms with Crippen molar-refractivity contribution in [2.24, 2.45) is 7.05 Å².